The van der Waals surface area contributed by atoms with Crippen molar-refractivity contribution >= 4 is 35.0 Å². The van der Waals surface area contributed by atoms with Crippen LogP contribution in [0.1, 0.15) is 6.92 Å². The van der Waals surface area contributed by atoms with Gasteiger partial charge in [0.15, 0.2) is 11.0 Å². The van der Waals surface area contributed by atoms with Gasteiger partial charge >= 0.3 is 0 Å². The highest BCUT2D eigenvalue weighted by Crippen LogP contribution is 2.29. The first-order valence-corrected chi connectivity index (χ1v) is 11.3. The zero-order valence-electron chi connectivity index (χ0n) is 17.0. The summed E-state index contributed by atoms with van der Waals surface area (Å²) in [5, 5.41) is 13.0. The Morgan fingerprint density at radius 3 is 2.48 bits per heavy atom. The van der Waals surface area contributed by atoms with E-state index in [9.17, 15) is 4.79 Å². The van der Waals surface area contributed by atoms with Crippen LogP contribution in [-0.2, 0) is 11.3 Å². The van der Waals surface area contributed by atoms with E-state index in [-0.39, 0.29) is 11.7 Å². The molecule has 0 bridgehead atoms. The van der Waals surface area contributed by atoms with Gasteiger partial charge in [0, 0.05) is 28.4 Å². The van der Waals surface area contributed by atoms with Gasteiger partial charge in [0.1, 0.15) is 0 Å². The van der Waals surface area contributed by atoms with Crippen LogP contribution < -0.4 is 5.32 Å². The molecule has 7 heteroatoms. The molecule has 0 saturated carbocycles. The molecule has 31 heavy (non-hydrogen) atoms. The second-order valence-electron chi connectivity index (χ2n) is 6.81. The first-order valence-electron chi connectivity index (χ1n) is 9.92. The van der Waals surface area contributed by atoms with Crippen molar-refractivity contribution in [2.75, 3.05) is 11.1 Å². The SMILES string of the molecule is CCn1c(SCC(=O)Nc2ccccc2-c2ccccc2)nnc1-c1cccc(Cl)c1. The summed E-state index contributed by atoms with van der Waals surface area (Å²) in [5.41, 5.74) is 3.73. The zero-order valence-corrected chi connectivity index (χ0v) is 18.5. The first kappa shape index (κ1) is 21.2. The minimum absolute atomic E-state index is 0.0941. The van der Waals surface area contributed by atoms with Gasteiger partial charge in [0.25, 0.3) is 0 Å². The summed E-state index contributed by atoms with van der Waals surface area (Å²) in [6.07, 6.45) is 0. The number of hydrogen-bond donors (Lipinski definition) is 1. The highest BCUT2D eigenvalue weighted by Gasteiger charge is 2.15. The van der Waals surface area contributed by atoms with Crippen molar-refractivity contribution in [1.29, 1.82) is 0 Å². The van der Waals surface area contributed by atoms with Crippen molar-refractivity contribution in [3.63, 3.8) is 0 Å². The predicted octanol–water partition coefficient (Wildman–Crippen LogP) is 6.02. The van der Waals surface area contributed by atoms with Gasteiger partial charge in [-0.25, -0.2) is 0 Å². The molecule has 0 saturated heterocycles. The summed E-state index contributed by atoms with van der Waals surface area (Å²) in [5.74, 6) is 0.877. The summed E-state index contributed by atoms with van der Waals surface area (Å²) in [4.78, 5) is 12.7. The lowest BCUT2D eigenvalue weighted by molar-refractivity contribution is -0.113. The van der Waals surface area contributed by atoms with Crippen LogP contribution in [0, 0.1) is 0 Å². The van der Waals surface area contributed by atoms with E-state index in [1.807, 2.05) is 90.4 Å². The molecule has 0 unspecified atom stereocenters. The van der Waals surface area contributed by atoms with Gasteiger partial charge in [-0.15, -0.1) is 10.2 Å². The average molecular weight is 449 g/mol. The number of nitrogens with zero attached hydrogens (tertiary/aromatic N) is 3. The highest BCUT2D eigenvalue weighted by atomic mass is 35.5. The van der Waals surface area contributed by atoms with Crippen molar-refractivity contribution in [3.8, 4) is 22.5 Å². The normalized spacial score (nSPS) is 10.8. The Hall–Kier alpha value is -3.09. The molecular formula is C24H21ClN4OS. The number of anilines is 1. The van der Waals surface area contributed by atoms with E-state index in [1.165, 1.54) is 11.8 Å². The molecule has 0 aliphatic rings. The van der Waals surface area contributed by atoms with Gasteiger partial charge in [-0.2, -0.15) is 0 Å². The maximum Gasteiger partial charge on any atom is 0.234 e. The van der Waals surface area contributed by atoms with Crippen LogP contribution in [0.2, 0.25) is 5.02 Å². The third-order valence-corrected chi connectivity index (χ3v) is 5.94. The number of aromatic nitrogens is 3. The molecule has 0 radical (unpaired) electrons. The summed E-state index contributed by atoms with van der Waals surface area (Å²) in [6.45, 7) is 2.72. The minimum Gasteiger partial charge on any atom is -0.325 e. The predicted molar refractivity (Wildman–Crippen MR) is 127 cm³/mol. The Bertz CT molecular complexity index is 1190. The number of para-hydroxylation sites is 1. The largest absolute Gasteiger partial charge is 0.325 e. The lowest BCUT2D eigenvalue weighted by atomic mass is 10.0. The molecule has 1 amide bonds. The molecule has 1 heterocycles. The fourth-order valence-corrected chi connectivity index (χ4v) is 4.29. The smallest absolute Gasteiger partial charge is 0.234 e. The van der Waals surface area contributed by atoms with Gasteiger partial charge < -0.3 is 9.88 Å². The van der Waals surface area contributed by atoms with E-state index in [1.54, 1.807) is 0 Å². The molecule has 3 aromatic carbocycles. The molecule has 0 fully saturated rings. The van der Waals surface area contributed by atoms with E-state index >= 15 is 0 Å². The van der Waals surface area contributed by atoms with E-state index in [4.69, 9.17) is 11.6 Å². The number of thioether (sulfide) groups is 1. The van der Waals surface area contributed by atoms with E-state index in [0.29, 0.717) is 16.7 Å². The van der Waals surface area contributed by atoms with Crippen LogP contribution in [0.15, 0.2) is 84.0 Å². The Morgan fingerprint density at radius 1 is 0.968 bits per heavy atom. The third kappa shape index (κ3) is 4.98. The van der Waals surface area contributed by atoms with Crippen molar-refractivity contribution < 1.29 is 4.79 Å². The fourth-order valence-electron chi connectivity index (χ4n) is 3.30. The number of amides is 1. The lowest BCUT2D eigenvalue weighted by Gasteiger charge is -2.11. The quantitative estimate of drug-likeness (QED) is 0.351. The van der Waals surface area contributed by atoms with E-state index in [2.05, 4.69) is 15.5 Å². The number of carbonyl (C=O) groups is 1. The molecule has 0 aliphatic heterocycles. The number of nitrogens with one attached hydrogen (secondary N) is 1. The average Bonchev–Trinajstić information content (AvgIpc) is 3.22. The molecule has 5 nitrogen and oxygen atoms in total. The molecule has 1 aromatic heterocycles. The summed E-state index contributed by atoms with van der Waals surface area (Å²) in [7, 11) is 0. The molecule has 0 aliphatic carbocycles. The zero-order chi connectivity index (χ0) is 21.6. The fraction of sp³-hybridized carbons (Fsp3) is 0.125. The van der Waals surface area contributed by atoms with Gasteiger partial charge in [0.05, 0.1) is 5.75 Å². The van der Waals surface area contributed by atoms with Crippen LogP contribution in [0.3, 0.4) is 0 Å². The van der Waals surface area contributed by atoms with Crippen LogP contribution >= 0.6 is 23.4 Å². The van der Waals surface area contributed by atoms with Crippen LogP contribution in [0.25, 0.3) is 22.5 Å². The topological polar surface area (TPSA) is 59.8 Å². The van der Waals surface area contributed by atoms with Crippen molar-refractivity contribution in [1.82, 2.24) is 14.8 Å². The summed E-state index contributed by atoms with van der Waals surface area (Å²) >= 11 is 7.48. The number of hydrogen-bond acceptors (Lipinski definition) is 4. The van der Waals surface area contributed by atoms with Gasteiger partial charge in [-0.3, -0.25) is 4.79 Å². The minimum atomic E-state index is -0.0941. The van der Waals surface area contributed by atoms with E-state index in [0.717, 1.165) is 28.2 Å². The number of benzene rings is 3. The standard InChI is InChI=1S/C24H21ClN4OS/c1-2-29-23(18-11-8-12-19(25)15-18)27-28-24(29)31-16-22(30)26-21-14-7-6-13-20(21)17-9-4-3-5-10-17/h3-15H,2,16H2,1H3,(H,26,30). The number of rotatable bonds is 7. The monoisotopic (exact) mass is 448 g/mol. The highest BCUT2D eigenvalue weighted by molar-refractivity contribution is 7.99. The molecule has 0 spiro atoms. The van der Waals surface area contributed by atoms with Crippen LogP contribution in [0.5, 0.6) is 0 Å². The second kappa shape index (κ2) is 9.81. The molecular weight excluding hydrogens is 428 g/mol. The second-order valence-corrected chi connectivity index (χ2v) is 8.19. The first-order chi connectivity index (χ1) is 15.2. The lowest BCUT2D eigenvalue weighted by Crippen LogP contribution is -2.15. The van der Waals surface area contributed by atoms with Crippen molar-refractivity contribution in [2.24, 2.45) is 0 Å². The van der Waals surface area contributed by atoms with Gasteiger partial charge in [-0.05, 0) is 30.7 Å². The number of carbonyl (C=O) groups excluding carboxylic acids is 1. The molecule has 1 N–H and O–H groups in total. The molecule has 0 atom stereocenters. The Morgan fingerprint density at radius 2 is 1.71 bits per heavy atom. The Labute approximate surface area is 190 Å². The van der Waals surface area contributed by atoms with Crippen LogP contribution in [-0.4, -0.2) is 26.4 Å². The molecule has 4 rings (SSSR count). The van der Waals surface area contributed by atoms with Crippen LogP contribution in [0.4, 0.5) is 5.69 Å². The maximum atomic E-state index is 12.7. The maximum absolute atomic E-state index is 12.7. The Balaban J connectivity index is 1.47. The van der Waals surface area contributed by atoms with Crippen molar-refractivity contribution in [2.45, 2.75) is 18.6 Å². The van der Waals surface area contributed by atoms with Gasteiger partial charge in [0.2, 0.25) is 5.91 Å². The molecule has 156 valence electrons. The molecule has 4 aromatic rings. The van der Waals surface area contributed by atoms with E-state index < -0.39 is 0 Å². The number of halogens is 1. The summed E-state index contributed by atoms with van der Waals surface area (Å²) in [6, 6.07) is 25.3. The van der Waals surface area contributed by atoms with Gasteiger partial charge in [-0.1, -0.05) is 84.0 Å². The summed E-state index contributed by atoms with van der Waals surface area (Å²) < 4.78 is 1.99. The van der Waals surface area contributed by atoms with Crippen molar-refractivity contribution in [3.05, 3.63) is 83.9 Å². The Kier molecular flexibility index (Phi) is 6.70. The third-order valence-electron chi connectivity index (χ3n) is 4.73.